The Morgan fingerprint density at radius 1 is 1.17 bits per heavy atom. The molecule has 2 aliphatic heterocycles. The van der Waals surface area contributed by atoms with E-state index in [1.807, 2.05) is 23.6 Å². The fourth-order valence-corrected chi connectivity index (χ4v) is 5.23. The van der Waals surface area contributed by atoms with Gasteiger partial charge in [-0.15, -0.1) is 0 Å². The first kappa shape index (κ1) is 19.0. The van der Waals surface area contributed by atoms with E-state index in [0.717, 1.165) is 40.8 Å². The van der Waals surface area contributed by atoms with Crippen LogP contribution in [0.4, 0.5) is 0 Å². The molecule has 0 aromatic carbocycles. The first-order valence-electron chi connectivity index (χ1n) is 11.2. The summed E-state index contributed by atoms with van der Waals surface area (Å²) in [6.45, 7) is 8.43. The molecule has 2 bridgehead atoms. The van der Waals surface area contributed by atoms with Gasteiger partial charge in [0.1, 0.15) is 0 Å². The summed E-state index contributed by atoms with van der Waals surface area (Å²) in [6.07, 6.45) is 6.94. The number of piperidine rings is 1. The van der Waals surface area contributed by atoms with Gasteiger partial charge >= 0.3 is 0 Å². The molecule has 1 amide bonds. The molecule has 2 aromatic rings. The molecule has 6 nitrogen and oxygen atoms in total. The van der Waals surface area contributed by atoms with Crippen LogP contribution in [0, 0.1) is 6.92 Å². The summed E-state index contributed by atoms with van der Waals surface area (Å²) in [5, 5.41) is 9.42. The average Bonchev–Trinajstić information content (AvgIpc) is 3.40. The number of amides is 1. The molecule has 2 unspecified atom stereocenters. The van der Waals surface area contributed by atoms with Crippen LogP contribution >= 0.6 is 0 Å². The molecule has 4 heterocycles. The number of aryl methyl sites for hydroxylation is 1. The largest absolute Gasteiger partial charge is 0.339 e. The van der Waals surface area contributed by atoms with Gasteiger partial charge in [-0.2, -0.15) is 5.10 Å². The number of rotatable bonds is 3. The zero-order valence-electron chi connectivity index (χ0n) is 18.3. The topological polar surface area (TPSA) is 63.1 Å². The Hall–Kier alpha value is -1.95. The predicted octanol–water partition coefficient (Wildman–Crippen LogP) is 3.73. The SMILES string of the molecule is Cc1nn(C(C)(C)C)c2nc(C3CC3)cc(C(=O)N(C)C3CC4CCC(C3)N4)c12. The number of hydrogen-bond donors (Lipinski definition) is 1. The molecular weight excluding hydrogens is 362 g/mol. The fraction of sp³-hybridized carbons (Fsp3) is 0.696. The van der Waals surface area contributed by atoms with E-state index in [1.54, 1.807) is 0 Å². The van der Waals surface area contributed by atoms with Crippen molar-refractivity contribution in [1.82, 2.24) is 25.0 Å². The third-order valence-electron chi connectivity index (χ3n) is 7.01. The highest BCUT2D eigenvalue weighted by Crippen LogP contribution is 2.41. The predicted molar refractivity (Wildman–Crippen MR) is 114 cm³/mol. The van der Waals surface area contributed by atoms with Crippen molar-refractivity contribution >= 4 is 16.9 Å². The van der Waals surface area contributed by atoms with Crippen LogP contribution in [0.25, 0.3) is 11.0 Å². The van der Waals surface area contributed by atoms with Gasteiger partial charge in [-0.3, -0.25) is 4.79 Å². The van der Waals surface area contributed by atoms with E-state index in [-0.39, 0.29) is 11.4 Å². The van der Waals surface area contributed by atoms with Crippen LogP contribution in [0.5, 0.6) is 0 Å². The normalized spacial score (nSPS) is 26.9. The van der Waals surface area contributed by atoms with Gasteiger partial charge in [0.15, 0.2) is 5.65 Å². The van der Waals surface area contributed by atoms with Crippen molar-refractivity contribution < 1.29 is 4.79 Å². The van der Waals surface area contributed by atoms with E-state index < -0.39 is 0 Å². The number of aromatic nitrogens is 3. The second-order valence-corrected chi connectivity index (χ2v) is 10.4. The summed E-state index contributed by atoms with van der Waals surface area (Å²) in [5.74, 6) is 0.622. The van der Waals surface area contributed by atoms with Crippen LogP contribution in [0.15, 0.2) is 6.07 Å². The molecule has 1 aliphatic carbocycles. The monoisotopic (exact) mass is 395 g/mol. The molecule has 2 aromatic heterocycles. The first-order valence-corrected chi connectivity index (χ1v) is 11.2. The quantitative estimate of drug-likeness (QED) is 0.860. The van der Waals surface area contributed by atoms with Gasteiger partial charge in [-0.25, -0.2) is 9.67 Å². The molecule has 6 heteroatoms. The maximum Gasteiger partial charge on any atom is 0.254 e. The Kier molecular flexibility index (Phi) is 4.28. The lowest BCUT2D eigenvalue weighted by Crippen LogP contribution is -2.48. The van der Waals surface area contributed by atoms with Crippen LogP contribution in [-0.2, 0) is 5.54 Å². The summed E-state index contributed by atoms with van der Waals surface area (Å²) in [6, 6.07) is 3.51. The van der Waals surface area contributed by atoms with Crippen molar-refractivity contribution in [3.05, 3.63) is 23.0 Å². The van der Waals surface area contributed by atoms with Crippen molar-refractivity contribution in [3.63, 3.8) is 0 Å². The highest BCUT2D eigenvalue weighted by atomic mass is 16.2. The Bertz CT molecular complexity index is 956. The minimum atomic E-state index is -0.178. The van der Waals surface area contributed by atoms with Crippen LogP contribution < -0.4 is 5.32 Å². The van der Waals surface area contributed by atoms with Gasteiger partial charge in [-0.1, -0.05) is 0 Å². The molecule has 2 saturated heterocycles. The molecular formula is C23H33N5O. The molecule has 1 N–H and O–H groups in total. The fourth-order valence-electron chi connectivity index (χ4n) is 5.23. The van der Waals surface area contributed by atoms with Crippen LogP contribution in [-0.4, -0.2) is 50.7 Å². The Morgan fingerprint density at radius 2 is 1.83 bits per heavy atom. The van der Waals surface area contributed by atoms with E-state index in [2.05, 4.69) is 32.2 Å². The van der Waals surface area contributed by atoms with Crippen molar-refractivity contribution in [2.75, 3.05) is 7.05 Å². The summed E-state index contributed by atoms with van der Waals surface area (Å²) in [4.78, 5) is 20.7. The van der Waals surface area contributed by atoms with E-state index in [4.69, 9.17) is 10.1 Å². The Balaban J connectivity index is 1.58. The Morgan fingerprint density at radius 3 is 2.41 bits per heavy atom. The number of fused-ring (bicyclic) bond motifs is 3. The third kappa shape index (κ3) is 3.25. The highest BCUT2D eigenvalue weighted by molar-refractivity contribution is 6.06. The zero-order chi connectivity index (χ0) is 20.5. The Labute approximate surface area is 173 Å². The smallest absolute Gasteiger partial charge is 0.254 e. The minimum Gasteiger partial charge on any atom is -0.339 e. The van der Waals surface area contributed by atoms with Gasteiger partial charge in [-0.05, 0) is 72.3 Å². The number of carbonyl (C=O) groups is 1. The first-order chi connectivity index (χ1) is 13.7. The third-order valence-corrected chi connectivity index (χ3v) is 7.01. The molecule has 0 spiro atoms. The highest BCUT2D eigenvalue weighted by Gasteiger charge is 2.38. The zero-order valence-corrected chi connectivity index (χ0v) is 18.3. The number of nitrogens with one attached hydrogen (secondary N) is 1. The van der Waals surface area contributed by atoms with Crippen LogP contribution in [0.2, 0.25) is 0 Å². The van der Waals surface area contributed by atoms with Gasteiger partial charge in [0.25, 0.3) is 5.91 Å². The number of nitrogens with zero attached hydrogens (tertiary/aromatic N) is 4. The lowest BCUT2D eigenvalue weighted by molar-refractivity contribution is 0.0683. The van der Waals surface area contributed by atoms with Crippen molar-refractivity contribution in [1.29, 1.82) is 0 Å². The molecule has 1 saturated carbocycles. The van der Waals surface area contributed by atoms with E-state index >= 15 is 0 Å². The summed E-state index contributed by atoms with van der Waals surface area (Å²) >= 11 is 0. The summed E-state index contributed by atoms with van der Waals surface area (Å²) < 4.78 is 2.01. The lowest BCUT2D eigenvalue weighted by Gasteiger charge is -2.35. The number of pyridine rings is 1. The molecule has 29 heavy (non-hydrogen) atoms. The number of carbonyl (C=O) groups excluding carboxylic acids is 1. The van der Waals surface area contributed by atoms with Crippen molar-refractivity contribution in [2.45, 2.75) is 95.8 Å². The van der Waals surface area contributed by atoms with Gasteiger partial charge in [0, 0.05) is 36.8 Å². The molecule has 2 atom stereocenters. The van der Waals surface area contributed by atoms with Crippen LogP contribution in [0.3, 0.4) is 0 Å². The van der Waals surface area contributed by atoms with Crippen molar-refractivity contribution in [2.24, 2.45) is 0 Å². The average molecular weight is 396 g/mol. The molecule has 0 radical (unpaired) electrons. The van der Waals surface area contributed by atoms with E-state index in [9.17, 15) is 4.79 Å². The maximum absolute atomic E-state index is 13.7. The second-order valence-electron chi connectivity index (χ2n) is 10.4. The van der Waals surface area contributed by atoms with Gasteiger partial charge in [0.05, 0.1) is 22.2 Å². The number of hydrogen-bond acceptors (Lipinski definition) is 4. The van der Waals surface area contributed by atoms with Gasteiger partial charge in [0.2, 0.25) is 0 Å². The maximum atomic E-state index is 13.7. The van der Waals surface area contributed by atoms with E-state index in [0.29, 0.717) is 24.0 Å². The molecule has 3 fully saturated rings. The summed E-state index contributed by atoms with van der Waals surface area (Å²) in [5.41, 5.74) is 3.43. The molecule has 3 aliphatic rings. The lowest BCUT2D eigenvalue weighted by atomic mass is 9.97. The van der Waals surface area contributed by atoms with Gasteiger partial charge < -0.3 is 10.2 Å². The van der Waals surface area contributed by atoms with Crippen molar-refractivity contribution in [3.8, 4) is 0 Å². The van der Waals surface area contributed by atoms with E-state index in [1.165, 1.54) is 25.7 Å². The molecule has 156 valence electrons. The minimum absolute atomic E-state index is 0.127. The molecule has 5 rings (SSSR count). The van der Waals surface area contributed by atoms with Crippen LogP contribution in [0.1, 0.15) is 87.0 Å². The second kappa shape index (κ2) is 6.53. The summed E-state index contributed by atoms with van der Waals surface area (Å²) in [7, 11) is 1.99. The standard InChI is InChI=1S/C23H33N5O/c1-13-20-18(22(29)27(5)17-10-15-8-9-16(11-17)24-15)12-19(14-6-7-14)25-21(20)28(26-13)23(2,3)4/h12,14-17,24H,6-11H2,1-5H3.